The van der Waals surface area contributed by atoms with Gasteiger partial charge in [-0.1, -0.05) is 31.8 Å². The molecule has 1 aliphatic heterocycles. The average molecular weight is 452 g/mol. The molecule has 0 aliphatic carbocycles. The number of amides is 1. The van der Waals surface area contributed by atoms with Crippen LogP contribution in [-0.2, 0) is 11.2 Å². The van der Waals surface area contributed by atoms with Crippen molar-refractivity contribution in [3.63, 3.8) is 0 Å². The van der Waals surface area contributed by atoms with Gasteiger partial charge in [0.25, 0.3) is 0 Å². The van der Waals surface area contributed by atoms with Gasteiger partial charge in [0.05, 0.1) is 25.8 Å². The second kappa shape index (κ2) is 7.96. The summed E-state index contributed by atoms with van der Waals surface area (Å²) in [5.41, 5.74) is 4.60. The van der Waals surface area contributed by atoms with Crippen molar-refractivity contribution < 1.29 is 14.3 Å². The molecular weight excluding hydrogens is 418 g/mol. The number of hydrogen-bond acceptors (Lipinski definition) is 4. The Bertz CT molecular complexity index is 1170. The fourth-order valence-electron chi connectivity index (χ4n) is 4.25. The summed E-state index contributed by atoms with van der Waals surface area (Å²) in [6, 6.07) is 8.35. The topological polar surface area (TPSA) is 67.5 Å². The summed E-state index contributed by atoms with van der Waals surface area (Å²) in [5, 5.41) is 2.24. The van der Waals surface area contributed by atoms with Crippen LogP contribution >= 0.6 is 0 Å². The van der Waals surface area contributed by atoms with E-state index in [1.54, 1.807) is 11.1 Å². The van der Waals surface area contributed by atoms with Crippen LogP contribution in [0.5, 0.6) is 5.75 Å². The number of ether oxygens (including phenoxy) is 2. The SMILES string of the molecule is CCOc1ccnc2[nH]c([Si](C)(C)C)c(-c3ccc4c(c3)N(C(=O)OC(C)(C)C)CC4)c12. The molecule has 0 unspecified atom stereocenters. The molecule has 0 bridgehead atoms. The lowest BCUT2D eigenvalue weighted by atomic mass is 10.0. The quantitative estimate of drug-likeness (QED) is 0.534. The zero-order valence-electron chi connectivity index (χ0n) is 20.1. The van der Waals surface area contributed by atoms with E-state index in [1.165, 1.54) is 5.32 Å². The number of rotatable bonds is 4. The highest BCUT2D eigenvalue weighted by atomic mass is 28.3. The number of nitrogens with one attached hydrogen (secondary N) is 1. The second-order valence-corrected chi connectivity index (χ2v) is 15.3. The summed E-state index contributed by atoms with van der Waals surface area (Å²) in [4.78, 5) is 22.8. The predicted molar refractivity (Wildman–Crippen MR) is 133 cm³/mol. The van der Waals surface area contributed by atoms with Crippen molar-refractivity contribution in [2.45, 2.75) is 59.4 Å². The van der Waals surface area contributed by atoms with Crippen LogP contribution in [0.15, 0.2) is 30.5 Å². The number of nitrogens with zero attached hydrogens (tertiary/aromatic N) is 2. The van der Waals surface area contributed by atoms with E-state index in [9.17, 15) is 4.79 Å². The Morgan fingerprint density at radius 2 is 1.97 bits per heavy atom. The zero-order valence-corrected chi connectivity index (χ0v) is 21.1. The Hall–Kier alpha value is -2.80. The van der Waals surface area contributed by atoms with E-state index >= 15 is 0 Å². The van der Waals surface area contributed by atoms with Gasteiger partial charge < -0.3 is 14.5 Å². The van der Waals surface area contributed by atoms with Gasteiger partial charge in [0.15, 0.2) is 0 Å². The summed E-state index contributed by atoms with van der Waals surface area (Å²) in [5.74, 6) is 0.831. The van der Waals surface area contributed by atoms with Crippen molar-refractivity contribution in [1.29, 1.82) is 0 Å². The number of aromatic amines is 1. The summed E-state index contributed by atoms with van der Waals surface area (Å²) >= 11 is 0. The van der Waals surface area contributed by atoms with Gasteiger partial charge in [-0.05, 0) is 57.4 Å². The molecule has 0 radical (unpaired) electrons. The van der Waals surface area contributed by atoms with Crippen LogP contribution in [0.1, 0.15) is 33.3 Å². The number of carbonyl (C=O) groups excluding carboxylic acids is 1. The third-order valence-electron chi connectivity index (χ3n) is 5.59. The van der Waals surface area contributed by atoms with Gasteiger partial charge in [0, 0.05) is 23.6 Å². The highest BCUT2D eigenvalue weighted by Gasteiger charge is 2.31. The molecule has 0 saturated carbocycles. The molecule has 6 nitrogen and oxygen atoms in total. The highest BCUT2D eigenvalue weighted by molar-refractivity contribution is 6.89. The van der Waals surface area contributed by atoms with Gasteiger partial charge in [0.2, 0.25) is 0 Å². The fraction of sp³-hybridized carbons (Fsp3) is 0.440. The maximum Gasteiger partial charge on any atom is 0.414 e. The molecule has 1 amide bonds. The van der Waals surface area contributed by atoms with Crippen molar-refractivity contribution in [1.82, 2.24) is 9.97 Å². The molecule has 4 rings (SSSR count). The van der Waals surface area contributed by atoms with Crippen LogP contribution in [0, 0.1) is 0 Å². The van der Waals surface area contributed by atoms with Crippen molar-refractivity contribution in [2.75, 3.05) is 18.1 Å². The van der Waals surface area contributed by atoms with Crippen molar-refractivity contribution in [3.8, 4) is 16.9 Å². The van der Waals surface area contributed by atoms with Crippen LogP contribution in [0.4, 0.5) is 10.5 Å². The van der Waals surface area contributed by atoms with Crippen LogP contribution in [0.25, 0.3) is 22.2 Å². The second-order valence-electron chi connectivity index (χ2n) is 10.3. The first-order valence-electron chi connectivity index (χ1n) is 11.3. The largest absolute Gasteiger partial charge is 0.493 e. The Morgan fingerprint density at radius 3 is 2.62 bits per heavy atom. The molecule has 0 fully saturated rings. The first-order chi connectivity index (χ1) is 15.0. The molecular formula is C25H33N3O3Si. The third-order valence-corrected chi connectivity index (χ3v) is 7.46. The molecule has 170 valence electrons. The van der Waals surface area contributed by atoms with E-state index in [4.69, 9.17) is 9.47 Å². The lowest BCUT2D eigenvalue weighted by Gasteiger charge is -2.25. The average Bonchev–Trinajstić information content (AvgIpc) is 3.28. The van der Waals surface area contributed by atoms with Crippen LogP contribution in [0.3, 0.4) is 0 Å². The van der Waals surface area contributed by atoms with Crippen LogP contribution < -0.4 is 15.0 Å². The Morgan fingerprint density at radius 1 is 1.22 bits per heavy atom. The molecule has 1 aromatic carbocycles. The molecule has 2 aromatic heterocycles. The third kappa shape index (κ3) is 4.13. The molecule has 3 heterocycles. The normalized spacial score (nSPS) is 14.0. The predicted octanol–water partition coefficient (Wildman–Crippen LogP) is 5.47. The van der Waals surface area contributed by atoms with E-state index in [-0.39, 0.29) is 6.09 Å². The standard InChI is InChI=1S/C25H33N3O3Si/c1-8-30-19-11-13-26-22-21(19)20(23(27-22)32(5,6)7)17-10-9-16-12-14-28(18(16)15-17)24(29)31-25(2,3)4/h9-11,13,15H,8,12,14H2,1-7H3,(H,26,27). The zero-order chi connectivity index (χ0) is 23.3. The molecule has 1 N–H and O–H groups in total. The molecule has 0 spiro atoms. The van der Waals surface area contributed by atoms with E-state index in [0.717, 1.165) is 45.6 Å². The minimum Gasteiger partial charge on any atom is -0.493 e. The van der Waals surface area contributed by atoms with Gasteiger partial charge in [-0.15, -0.1) is 0 Å². The highest BCUT2D eigenvalue weighted by Crippen LogP contribution is 2.39. The smallest absolute Gasteiger partial charge is 0.414 e. The van der Waals surface area contributed by atoms with Gasteiger partial charge >= 0.3 is 6.09 Å². The Kier molecular flexibility index (Phi) is 5.57. The molecule has 7 heteroatoms. The van der Waals surface area contributed by atoms with Gasteiger partial charge in [-0.3, -0.25) is 4.90 Å². The molecule has 3 aromatic rings. The summed E-state index contributed by atoms with van der Waals surface area (Å²) < 4.78 is 11.7. The maximum atomic E-state index is 12.9. The lowest BCUT2D eigenvalue weighted by molar-refractivity contribution is 0.0584. The summed E-state index contributed by atoms with van der Waals surface area (Å²) in [6.45, 7) is 15.9. The Balaban J connectivity index is 1.89. The van der Waals surface area contributed by atoms with Crippen LogP contribution in [0.2, 0.25) is 19.6 Å². The lowest BCUT2D eigenvalue weighted by Crippen LogP contribution is -2.40. The maximum absolute atomic E-state index is 12.9. The van der Waals surface area contributed by atoms with E-state index < -0.39 is 13.7 Å². The Labute approximate surface area is 191 Å². The number of hydrogen-bond donors (Lipinski definition) is 1. The van der Waals surface area contributed by atoms with Gasteiger partial charge in [-0.2, -0.15) is 0 Å². The molecule has 1 aliphatic rings. The van der Waals surface area contributed by atoms with Gasteiger partial charge in [0.1, 0.15) is 17.0 Å². The molecule has 0 saturated heterocycles. The number of pyridine rings is 1. The van der Waals surface area contributed by atoms with Crippen LogP contribution in [-0.4, -0.2) is 42.9 Å². The van der Waals surface area contributed by atoms with E-state index in [1.807, 2.05) is 33.8 Å². The van der Waals surface area contributed by atoms with Gasteiger partial charge in [-0.25, -0.2) is 9.78 Å². The number of aromatic nitrogens is 2. The summed E-state index contributed by atoms with van der Waals surface area (Å²) in [6.07, 6.45) is 2.32. The number of fused-ring (bicyclic) bond motifs is 2. The molecule has 32 heavy (non-hydrogen) atoms. The van der Waals surface area contributed by atoms with E-state index in [0.29, 0.717) is 13.2 Å². The first-order valence-corrected chi connectivity index (χ1v) is 14.8. The van der Waals surface area contributed by atoms with Crippen molar-refractivity contribution in [2.24, 2.45) is 0 Å². The first kappa shape index (κ1) is 22.4. The minimum absolute atomic E-state index is 0.297. The number of benzene rings is 1. The van der Waals surface area contributed by atoms with E-state index in [2.05, 4.69) is 47.8 Å². The van der Waals surface area contributed by atoms with Crippen molar-refractivity contribution in [3.05, 3.63) is 36.0 Å². The van der Waals surface area contributed by atoms with Crippen molar-refractivity contribution >= 4 is 36.2 Å². The molecule has 0 atom stereocenters. The fourth-order valence-corrected chi connectivity index (χ4v) is 5.77. The number of H-pyrrole nitrogens is 1. The number of carbonyl (C=O) groups is 1. The summed E-state index contributed by atoms with van der Waals surface area (Å²) in [7, 11) is -1.74. The minimum atomic E-state index is -1.74. The monoisotopic (exact) mass is 451 g/mol. The number of anilines is 1.